The molecule has 0 aliphatic rings. The molecule has 24 valence electrons. The summed E-state index contributed by atoms with van der Waals surface area (Å²) in [6, 6.07) is 0. The molecule has 0 spiro atoms. The highest BCUT2D eigenvalue weighted by Gasteiger charge is 1.59. The second-order valence-electron chi connectivity index (χ2n) is 0.575. The zero-order valence-corrected chi connectivity index (χ0v) is 3.51. The first-order chi connectivity index (χ1) is 1.91. The molecule has 0 bridgehead atoms. The van der Waals surface area contributed by atoms with Crippen LogP contribution in [0.3, 0.4) is 0 Å². The predicted molar refractivity (Wildman–Crippen MR) is 22.4 cm³/mol. The highest BCUT2D eigenvalue weighted by Crippen LogP contribution is 1.72. The Hall–Kier alpha value is 0.350. The van der Waals surface area contributed by atoms with Crippen molar-refractivity contribution in [3.05, 3.63) is 6.42 Å². The Morgan fingerprint density at radius 2 is 2.25 bits per heavy atom. The van der Waals surface area contributed by atoms with Crippen LogP contribution in [0.5, 0.6) is 0 Å². The van der Waals surface area contributed by atoms with E-state index in [0.29, 0.717) is 0 Å². The molecule has 0 unspecified atom stereocenters. The number of hydrogen-bond donors (Lipinski definition) is 0. The van der Waals surface area contributed by atoms with E-state index in [-0.39, 0.29) is 0 Å². The summed E-state index contributed by atoms with van der Waals surface area (Å²) < 4.78 is 0. The van der Waals surface area contributed by atoms with Gasteiger partial charge in [-0.1, -0.05) is 19.6 Å². The van der Waals surface area contributed by atoms with Crippen LogP contribution in [0.15, 0.2) is 0 Å². The maximum atomic E-state index is 4.50. The van der Waals surface area contributed by atoms with Crippen molar-refractivity contribution >= 4 is 12.6 Å². The molecule has 0 nitrogen and oxygen atoms in total. The van der Waals surface area contributed by atoms with E-state index in [0.717, 1.165) is 5.75 Å². The summed E-state index contributed by atoms with van der Waals surface area (Å²) in [5, 5.41) is 0. The molecule has 0 aliphatic heterocycles. The summed E-state index contributed by atoms with van der Waals surface area (Å²) in [5.41, 5.74) is 0. The third-order valence-corrected chi connectivity index (χ3v) is 0.500. The van der Waals surface area contributed by atoms with Crippen LogP contribution in [-0.2, 0) is 0 Å². The van der Waals surface area contributed by atoms with Gasteiger partial charge in [-0.25, -0.2) is 0 Å². The molecule has 0 saturated heterocycles. The van der Waals surface area contributed by atoms with Gasteiger partial charge in [0.25, 0.3) is 0 Å². The van der Waals surface area contributed by atoms with Crippen LogP contribution in [0.25, 0.3) is 0 Å². The van der Waals surface area contributed by atoms with E-state index in [1.165, 1.54) is 0 Å². The summed E-state index contributed by atoms with van der Waals surface area (Å²) in [5.74, 6) is 0.778. The van der Waals surface area contributed by atoms with E-state index < -0.39 is 0 Å². The van der Waals surface area contributed by atoms with Crippen molar-refractivity contribution < 1.29 is 0 Å². The van der Waals surface area contributed by atoms with Crippen LogP contribution in [0.4, 0.5) is 0 Å². The zero-order chi connectivity index (χ0) is 3.41. The molecule has 0 amide bonds. The molecule has 0 heterocycles. The minimum absolute atomic E-state index is 0.778. The maximum absolute atomic E-state index is 4.50. The summed E-state index contributed by atoms with van der Waals surface area (Å²) in [4.78, 5) is 0. The second-order valence-corrected chi connectivity index (χ2v) is 0.908. The van der Waals surface area contributed by atoms with Crippen LogP contribution in [0.2, 0.25) is 0 Å². The van der Waals surface area contributed by atoms with Crippen molar-refractivity contribution in [3.63, 3.8) is 0 Å². The van der Waals surface area contributed by atoms with Gasteiger partial charge < -0.3 is 0 Å². The first-order valence-electron chi connectivity index (χ1n) is 1.27. The molecule has 0 fully saturated rings. The van der Waals surface area contributed by atoms with E-state index in [4.69, 9.17) is 0 Å². The maximum Gasteiger partial charge on any atom is 0.00655 e. The van der Waals surface area contributed by atoms with Gasteiger partial charge in [0.05, 0.1) is 0 Å². The summed E-state index contributed by atoms with van der Waals surface area (Å²) in [7, 11) is 0. The normalized spacial score (nSPS) is 7.50. The average Bonchev–Trinajstić information content (AvgIpc) is 1.37. The van der Waals surface area contributed by atoms with Crippen molar-refractivity contribution in [3.8, 4) is 0 Å². The molecule has 0 aromatic heterocycles. The van der Waals surface area contributed by atoms with Crippen LogP contribution >= 0.6 is 12.6 Å². The third kappa shape index (κ3) is 2.35. The zero-order valence-electron chi connectivity index (χ0n) is 2.69. The van der Waals surface area contributed by atoms with E-state index in [1.807, 2.05) is 13.3 Å². The van der Waals surface area contributed by atoms with Crippen molar-refractivity contribution in [1.82, 2.24) is 0 Å². The lowest BCUT2D eigenvalue weighted by atomic mass is 10.6. The molecule has 0 aliphatic carbocycles. The smallest absolute Gasteiger partial charge is 0.00655 e. The monoisotopic (exact) mass is 74.0 g/mol. The van der Waals surface area contributed by atoms with Gasteiger partial charge in [0.2, 0.25) is 0 Å². The fraction of sp³-hybridized carbons (Fsp3) is 0.667. The standard InChI is InChI=1S/C3H6S/c1-2-3-4/h2H,3H2,1H3. The summed E-state index contributed by atoms with van der Waals surface area (Å²) >= 11 is 4.50. The minimum atomic E-state index is 0.778. The SMILES string of the molecule is C[CH]C[S]. The molecular weight excluding hydrogens is 68.1 g/mol. The molecule has 0 atom stereocenters. The Bertz CT molecular complexity index is 5.25. The summed E-state index contributed by atoms with van der Waals surface area (Å²) in [6.07, 6.45) is 1.94. The van der Waals surface area contributed by atoms with Gasteiger partial charge in [0, 0.05) is 5.75 Å². The highest BCUT2D eigenvalue weighted by molar-refractivity contribution is 7.80. The molecular formula is C3H6S. The van der Waals surface area contributed by atoms with Gasteiger partial charge in [-0.05, 0) is 6.42 Å². The molecule has 0 aromatic carbocycles. The highest BCUT2D eigenvalue weighted by atomic mass is 32.1. The largest absolute Gasteiger partial charge is 0.0939 e. The quantitative estimate of drug-likeness (QED) is 0.441. The van der Waals surface area contributed by atoms with Crippen molar-refractivity contribution in [2.45, 2.75) is 6.92 Å². The minimum Gasteiger partial charge on any atom is -0.0939 e. The molecule has 2 radical (unpaired) electrons. The Morgan fingerprint density at radius 3 is 2.25 bits per heavy atom. The van der Waals surface area contributed by atoms with E-state index in [1.54, 1.807) is 0 Å². The van der Waals surface area contributed by atoms with E-state index >= 15 is 0 Å². The Labute approximate surface area is 32.6 Å². The lowest BCUT2D eigenvalue weighted by molar-refractivity contribution is 1.44. The second kappa shape index (κ2) is 3.35. The average molecular weight is 74.1 g/mol. The van der Waals surface area contributed by atoms with Crippen LogP contribution in [-0.4, -0.2) is 5.75 Å². The van der Waals surface area contributed by atoms with Crippen LogP contribution in [0.1, 0.15) is 6.92 Å². The Balaban J connectivity index is 1.97. The molecule has 4 heavy (non-hydrogen) atoms. The van der Waals surface area contributed by atoms with E-state index in [2.05, 4.69) is 12.6 Å². The fourth-order valence-corrected chi connectivity index (χ4v) is 0. The van der Waals surface area contributed by atoms with Gasteiger partial charge in [0.1, 0.15) is 0 Å². The molecule has 1 heteroatoms. The first-order valence-corrected chi connectivity index (χ1v) is 1.85. The van der Waals surface area contributed by atoms with Gasteiger partial charge in [-0.3, -0.25) is 0 Å². The van der Waals surface area contributed by atoms with Crippen molar-refractivity contribution in [2.24, 2.45) is 0 Å². The Kier molecular flexibility index (Phi) is 3.64. The first kappa shape index (κ1) is 4.35. The van der Waals surface area contributed by atoms with Gasteiger partial charge in [0.15, 0.2) is 0 Å². The van der Waals surface area contributed by atoms with Crippen LogP contribution in [0, 0.1) is 6.42 Å². The third-order valence-electron chi connectivity index (χ3n) is 0.167. The molecule has 0 aromatic rings. The number of hydrogen-bond acceptors (Lipinski definition) is 0. The summed E-state index contributed by atoms with van der Waals surface area (Å²) in [6.45, 7) is 1.95. The number of rotatable bonds is 1. The van der Waals surface area contributed by atoms with Gasteiger partial charge in [-0.2, -0.15) is 0 Å². The van der Waals surface area contributed by atoms with Crippen LogP contribution < -0.4 is 0 Å². The topological polar surface area (TPSA) is 0 Å². The fourth-order valence-electron chi connectivity index (χ4n) is 0. The van der Waals surface area contributed by atoms with Crippen molar-refractivity contribution in [2.75, 3.05) is 5.75 Å². The molecule has 0 N–H and O–H groups in total. The van der Waals surface area contributed by atoms with Crippen molar-refractivity contribution in [1.29, 1.82) is 0 Å². The van der Waals surface area contributed by atoms with E-state index in [9.17, 15) is 0 Å². The lowest BCUT2D eigenvalue weighted by Gasteiger charge is -1.65. The predicted octanol–water partition coefficient (Wildman–Crippen LogP) is 1.41. The van der Waals surface area contributed by atoms with Gasteiger partial charge >= 0.3 is 0 Å². The molecule has 0 rings (SSSR count). The van der Waals surface area contributed by atoms with Gasteiger partial charge in [-0.15, -0.1) is 0 Å². The molecule has 0 saturated carbocycles. The lowest BCUT2D eigenvalue weighted by Crippen LogP contribution is -1.58. The Morgan fingerprint density at radius 1 is 2.00 bits per heavy atom.